The number of Topliss-reactive ketones (excluding diaryl/α,β-unsaturated/α-hetero) is 1. The van der Waals surface area contributed by atoms with Gasteiger partial charge in [0, 0.05) is 30.1 Å². The highest BCUT2D eigenvalue weighted by Crippen LogP contribution is 2.71. The molecule has 8 N–H and O–H groups in total. The van der Waals surface area contributed by atoms with E-state index in [0.717, 1.165) is 19.3 Å². The van der Waals surface area contributed by atoms with Crippen molar-refractivity contribution in [3.8, 4) is 0 Å². The average Bonchev–Trinajstić information content (AvgIpc) is 3.60. The second kappa shape index (κ2) is 14.4. The lowest BCUT2D eigenvalue weighted by Gasteiger charge is -2.63. The quantitative estimate of drug-likeness (QED) is 0.161. The normalized spacial score (nSPS) is 58.7. The van der Waals surface area contributed by atoms with E-state index in [1.54, 1.807) is 0 Å². The zero-order valence-electron chi connectivity index (χ0n) is 31.8. The van der Waals surface area contributed by atoms with E-state index in [9.17, 15) is 45.6 Å². The summed E-state index contributed by atoms with van der Waals surface area (Å²) in [5.41, 5.74) is -1.08. The van der Waals surface area contributed by atoms with Crippen LogP contribution in [0.2, 0.25) is 0 Å². The molecule has 0 amide bonds. The molecule has 4 aliphatic carbocycles. The molecule has 308 valence electrons. The monoisotopic (exact) mass is 770 g/mol. The standard InChI is InChI=1S/C39H62O15/c1-16-5-8-39(49-15-16)17(2)28-24(54-39)11-21-19-10-23(51-36-34(48)32(46)30(44)26(14-41)53-36)22-9-18(50-35-33(47)31(45)29(43)25(13-40)52-35)6-7-37(22,3)20(19)12-27(42)38(21,28)4/h16-26,28-36,40-41,43-48H,5-15H2,1-4H3/t16-,17+,18+,19+,20+,21+,22+,23+,24+,25+,26+,28+,29+,30-,31-,32-,33-,34+,35-,36+,37+,38+,39+/m1/s1. The van der Waals surface area contributed by atoms with Crippen LogP contribution in [0.15, 0.2) is 0 Å². The number of carbonyl (C=O) groups excluding carboxylic acids is 1. The van der Waals surface area contributed by atoms with Crippen LogP contribution in [0.5, 0.6) is 0 Å². The van der Waals surface area contributed by atoms with Crippen molar-refractivity contribution >= 4 is 5.78 Å². The summed E-state index contributed by atoms with van der Waals surface area (Å²) < 4.78 is 37.9. The van der Waals surface area contributed by atoms with Gasteiger partial charge in [-0.2, -0.15) is 0 Å². The molecule has 4 aliphatic heterocycles. The van der Waals surface area contributed by atoms with Crippen molar-refractivity contribution in [2.24, 2.45) is 52.3 Å². The van der Waals surface area contributed by atoms with Crippen molar-refractivity contribution in [3.63, 3.8) is 0 Å². The zero-order chi connectivity index (χ0) is 38.6. The van der Waals surface area contributed by atoms with E-state index >= 15 is 0 Å². The summed E-state index contributed by atoms with van der Waals surface area (Å²) in [6.07, 6.45) is -10.5. The third kappa shape index (κ3) is 6.01. The predicted molar refractivity (Wildman–Crippen MR) is 185 cm³/mol. The second-order valence-electron chi connectivity index (χ2n) is 18.7. The first kappa shape index (κ1) is 39.9. The summed E-state index contributed by atoms with van der Waals surface area (Å²) in [6, 6.07) is 0. The van der Waals surface area contributed by atoms with Gasteiger partial charge in [0.15, 0.2) is 18.4 Å². The summed E-state index contributed by atoms with van der Waals surface area (Å²) in [5, 5.41) is 83.5. The highest BCUT2D eigenvalue weighted by Gasteiger charge is 2.73. The van der Waals surface area contributed by atoms with Gasteiger partial charge in [-0.3, -0.25) is 4.79 Å². The van der Waals surface area contributed by atoms with Gasteiger partial charge >= 0.3 is 0 Å². The minimum absolute atomic E-state index is 0.00220. The van der Waals surface area contributed by atoms with Gasteiger partial charge in [-0.05, 0) is 73.5 Å². The number of aliphatic hydroxyl groups excluding tert-OH is 8. The highest BCUT2D eigenvalue weighted by molar-refractivity contribution is 5.87. The van der Waals surface area contributed by atoms with Gasteiger partial charge in [-0.25, -0.2) is 0 Å². The van der Waals surface area contributed by atoms with E-state index in [-0.39, 0.29) is 47.4 Å². The SMILES string of the molecule is C[C@@H]1CC[C@]2(OC1)O[C@H]1C[C@H]3[C@H]4C[C@H](O[C@H]5O[C@@H](CO)[C@@H](O)[C@@H](O)[C@@H]5O)[C@@H]5C[C@@H](O[C@@H]6O[C@@H](CO)[C@H](O)[C@@H](O)[C@H]6O)CC[C@@]5(C)[C@H]4CC(=O)[C@@]3(C)[C@H]1[C@@H]2C. The molecule has 0 aromatic rings. The Kier molecular flexibility index (Phi) is 10.7. The summed E-state index contributed by atoms with van der Waals surface area (Å²) in [5.74, 6) is -0.123. The molecule has 1 spiro atoms. The van der Waals surface area contributed by atoms with Crippen molar-refractivity contribution in [3.05, 3.63) is 0 Å². The van der Waals surface area contributed by atoms with E-state index in [1.165, 1.54) is 0 Å². The van der Waals surface area contributed by atoms with Gasteiger partial charge in [-0.1, -0.05) is 27.7 Å². The third-order valence-corrected chi connectivity index (χ3v) is 16.1. The largest absolute Gasteiger partial charge is 0.394 e. The molecule has 23 atom stereocenters. The first-order chi connectivity index (χ1) is 25.6. The summed E-state index contributed by atoms with van der Waals surface area (Å²) >= 11 is 0. The third-order valence-electron chi connectivity index (χ3n) is 16.1. The van der Waals surface area contributed by atoms with Gasteiger partial charge in [0.25, 0.3) is 0 Å². The molecule has 0 aromatic carbocycles. The molecule has 15 nitrogen and oxygen atoms in total. The van der Waals surface area contributed by atoms with Gasteiger partial charge < -0.3 is 69.3 Å². The van der Waals surface area contributed by atoms with Crippen LogP contribution < -0.4 is 0 Å². The van der Waals surface area contributed by atoms with Crippen LogP contribution in [0.25, 0.3) is 0 Å². The molecule has 4 saturated heterocycles. The number of fused-ring (bicyclic) bond motifs is 7. The molecular formula is C39H62O15. The van der Waals surface area contributed by atoms with Crippen molar-refractivity contribution in [2.75, 3.05) is 19.8 Å². The molecule has 0 radical (unpaired) electrons. The number of hydrogen-bond donors (Lipinski definition) is 8. The van der Waals surface area contributed by atoms with E-state index in [0.29, 0.717) is 44.6 Å². The highest BCUT2D eigenvalue weighted by atomic mass is 16.7. The molecule has 0 unspecified atom stereocenters. The molecule has 0 aromatic heterocycles. The minimum atomic E-state index is -1.61. The number of ketones is 1. The lowest BCUT2D eigenvalue weighted by molar-refractivity contribution is -0.334. The number of hydrogen-bond acceptors (Lipinski definition) is 15. The first-order valence-electron chi connectivity index (χ1n) is 20.3. The maximum absolute atomic E-state index is 14.7. The Morgan fingerprint density at radius 3 is 1.96 bits per heavy atom. The zero-order valence-corrected chi connectivity index (χ0v) is 31.8. The van der Waals surface area contributed by atoms with Gasteiger partial charge in [-0.15, -0.1) is 0 Å². The number of rotatable bonds is 6. The Labute approximate surface area is 316 Å². The fourth-order valence-electron chi connectivity index (χ4n) is 12.9. The molecule has 54 heavy (non-hydrogen) atoms. The van der Waals surface area contributed by atoms with Crippen LogP contribution >= 0.6 is 0 Å². The minimum Gasteiger partial charge on any atom is -0.394 e. The summed E-state index contributed by atoms with van der Waals surface area (Å²) in [6.45, 7) is 8.17. The maximum Gasteiger partial charge on any atom is 0.186 e. The fraction of sp³-hybridized carbons (Fsp3) is 0.974. The molecule has 0 bridgehead atoms. The molecule has 15 heteroatoms. The lowest BCUT2D eigenvalue weighted by atomic mass is 9.43. The van der Waals surface area contributed by atoms with Crippen molar-refractivity contribution in [1.29, 1.82) is 0 Å². The molecule has 4 heterocycles. The van der Waals surface area contributed by atoms with Crippen molar-refractivity contribution in [2.45, 2.75) is 165 Å². The molecule has 8 rings (SSSR count). The van der Waals surface area contributed by atoms with Crippen molar-refractivity contribution < 1.29 is 74.1 Å². The van der Waals surface area contributed by atoms with Crippen LogP contribution in [0.1, 0.15) is 79.1 Å². The lowest BCUT2D eigenvalue weighted by Crippen LogP contribution is -2.64. The van der Waals surface area contributed by atoms with Gasteiger partial charge in [0.2, 0.25) is 0 Å². The van der Waals surface area contributed by atoms with Gasteiger partial charge in [0.1, 0.15) is 54.6 Å². The predicted octanol–water partition coefficient (Wildman–Crippen LogP) is -0.408. The molecule has 8 fully saturated rings. The molecule has 8 aliphatic rings. The van der Waals surface area contributed by atoms with Crippen LogP contribution in [-0.4, -0.2) is 152 Å². The van der Waals surface area contributed by atoms with E-state index in [2.05, 4.69) is 27.7 Å². The number of ether oxygens (including phenoxy) is 6. The van der Waals surface area contributed by atoms with Crippen LogP contribution in [0.3, 0.4) is 0 Å². The van der Waals surface area contributed by atoms with Crippen LogP contribution in [0.4, 0.5) is 0 Å². The number of aliphatic hydroxyl groups is 8. The Bertz CT molecular complexity index is 1370. The average molecular weight is 771 g/mol. The topological polar surface area (TPSA) is 234 Å². The van der Waals surface area contributed by atoms with Crippen LogP contribution in [-0.2, 0) is 33.2 Å². The Morgan fingerprint density at radius 2 is 1.37 bits per heavy atom. The smallest absolute Gasteiger partial charge is 0.186 e. The van der Waals surface area contributed by atoms with E-state index in [1.807, 2.05) is 0 Å². The van der Waals surface area contributed by atoms with Gasteiger partial charge in [0.05, 0.1) is 38.1 Å². The molecular weight excluding hydrogens is 708 g/mol. The first-order valence-corrected chi connectivity index (χ1v) is 20.3. The summed E-state index contributed by atoms with van der Waals surface area (Å²) in [7, 11) is 0. The Balaban J connectivity index is 1.08. The van der Waals surface area contributed by atoms with Crippen molar-refractivity contribution in [1.82, 2.24) is 0 Å². The van der Waals surface area contributed by atoms with E-state index < -0.39 is 103 Å². The maximum atomic E-state index is 14.7. The fourth-order valence-corrected chi connectivity index (χ4v) is 12.9. The number of carbonyl (C=O) groups is 1. The van der Waals surface area contributed by atoms with E-state index in [4.69, 9.17) is 28.4 Å². The summed E-state index contributed by atoms with van der Waals surface area (Å²) in [4.78, 5) is 14.7. The van der Waals surface area contributed by atoms with Crippen LogP contribution in [0, 0.1) is 52.3 Å². The second-order valence-corrected chi connectivity index (χ2v) is 18.7. The molecule has 4 saturated carbocycles. The Hall–Kier alpha value is -0.890. The Morgan fingerprint density at radius 1 is 0.741 bits per heavy atom.